The number of benzene rings is 2. The van der Waals surface area contributed by atoms with Gasteiger partial charge in [-0.15, -0.1) is 0 Å². The molecule has 0 atom stereocenters. The van der Waals surface area contributed by atoms with Crippen molar-refractivity contribution >= 4 is 28.8 Å². The molecule has 22 heavy (non-hydrogen) atoms. The van der Waals surface area contributed by atoms with Gasteiger partial charge in [-0.3, -0.25) is 20.2 Å². The molecule has 0 fully saturated rings. The van der Waals surface area contributed by atoms with E-state index >= 15 is 0 Å². The maximum absolute atomic E-state index is 12.5. The lowest BCUT2D eigenvalue weighted by Gasteiger charge is -2.07. The number of hydrogen-bond acceptors (Lipinski definition) is 5. The molecule has 2 aromatic carbocycles. The smallest absolute Gasteiger partial charge is 0.308 e. The van der Waals surface area contributed by atoms with Gasteiger partial charge in [-0.25, -0.2) is 4.79 Å². The fourth-order valence-corrected chi connectivity index (χ4v) is 1.36. The van der Waals surface area contributed by atoms with E-state index in [-0.39, 0.29) is 5.31 Å². The molecule has 9 nitrogen and oxygen atoms in total. The van der Waals surface area contributed by atoms with Gasteiger partial charge in [0.2, 0.25) is 0 Å². The highest BCUT2D eigenvalue weighted by Crippen LogP contribution is 2.34. The van der Waals surface area contributed by atoms with Crippen molar-refractivity contribution in [2.24, 2.45) is 0 Å². The van der Waals surface area contributed by atoms with E-state index in [1.807, 2.05) is 0 Å². The second-order valence-electron chi connectivity index (χ2n) is 3.55. The van der Waals surface area contributed by atoms with Gasteiger partial charge in [0.25, 0.3) is 0 Å². The lowest BCUT2D eigenvalue weighted by atomic mass is 10.2. The number of nitrogens with zero attached hydrogens (tertiary/aromatic N) is 2. The highest BCUT2D eigenvalue weighted by Gasteiger charge is 2.28. The van der Waals surface area contributed by atoms with Crippen LogP contribution in [-0.4, -0.2) is 15.9 Å². The molecule has 0 heterocycles. The maximum Gasteiger partial charge on any atom is 0.369 e. The Kier molecular flexibility index (Phi) is 2.15. The Balaban J connectivity index is 2.70. The number of para-hydroxylation sites is 2. The van der Waals surface area contributed by atoms with Crippen LogP contribution in [0.4, 0.5) is 27.5 Å². The van der Waals surface area contributed by atoms with Gasteiger partial charge in [-0.1, -0.05) is 24.2 Å². The van der Waals surface area contributed by atoms with E-state index in [9.17, 15) is 25.0 Å². The summed E-state index contributed by atoms with van der Waals surface area (Å²) in [7, 11) is 0. The normalized spacial score (nSPS) is 14.9. The Labute approximate surface area is 135 Å². The van der Waals surface area contributed by atoms with E-state index in [2.05, 4.69) is 0 Å². The molecule has 0 aliphatic carbocycles. The van der Waals surface area contributed by atoms with Crippen molar-refractivity contribution in [3.63, 3.8) is 0 Å². The van der Waals surface area contributed by atoms with E-state index in [4.69, 9.17) is 11.0 Å². The van der Waals surface area contributed by atoms with E-state index in [0.29, 0.717) is 0 Å². The molecule has 0 spiro atoms. The van der Waals surface area contributed by atoms with Crippen LogP contribution >= 0.6 is 0 Å². The van der Waals surface area contributed by atoms with Crippen LogP contribution in [0.15, 0.2) is 48.4 Å². The van der Waals surface area contributed by atoms with E-state index < -0.39 is 80.2 Å². The number of urea groups is 1. The summed E-state index contributed by atoms with van der Waals surface area (Å²) in [5.41, 5.74) is -4.96. The SMILES string of the molecule is [2H]c1ccc(N([2H])C(=O)N([2H])c2c([2H])c([2H])c([2H])c([N+](=O)[O-])c2[N+](=O)[O-])c([2H])c1[2H]. The van der Waals surface area contributed by atoms with Crippen molar-refractivity contribution in [3.05, 3.63) is 68.6 Å². The quantitative estimate of drug-likeness (QED) is 0.662. The molecule has 0 bridgehead atoms. The molecule has 0 aliphatic heterocycles. The number of amides is 2. The first-order valence-electron chi connectivity index (χ1n) is 9.33. The average molecular weight is 310 g/mol. The Hall–Kier alpha value is -3.49. The standard InChI is InChI=1S/C13H10N4O5/c18-13(14-9-5-2-1-3-6-9)15-10-7-4-8-11(16(19)20)12(10)17(21)22/h1-8H,(H2,14,15,18)/i1D,2D,4D,5D,7D,8D/hD2. The molecule has 0 saturated heterocycles. The molecular weight excluding hydrogens is 292 g/mol. The molecule has 0 radical (unpaired) electrons. The highest BCUT2D eigenvalue weighted by molar-refractivity contribution is 6.01. The number of nitrogens with one attached hydrogen (secondary N) is 2. The number of nitro groups is 2. The summed E-state index contributed by atoms with van der Waals surface area (Å²) in [5, 5.41) is 22.0. The zero-order valence-corrected chi connectivity index (χ0v) is 10.5. The highest BCUT2D eigenvalue weighted by atomic mass is 16.6. The summed E-state index contributed by atoms with van der Waals surface area (Å²) in [6, 6.07) is -5.22. The summed E-state index contributed by atoms with van der Waals surface area (Å²) < 4.78 is 61.2. The number of anilines is 2. The van der Waals surface area contributed by atoms with Gasteiger partial charge >= 0.3 is 17.4 Å². The Morgan fingerprint density at radius 1 is 1.09 bits per heavy atom. The van der Waals surface area contributed by atoms with Crippen LogP contribution in [0.2, 0.25) is 2.82 Å². The van der Waals surface area contributed by atoms with Crippen LogP contribution in [0, 0.1) is 20.2 Å². The van der Waals surface area contributed by atoms with Gasteiger partial charge in [0, 0.05) is 11.7 Å². The first kappa shape index (κ1) is 7.50. The second kappa shape index (κ2) is 6.31. The first-order valence-corrected chi connectivity index (χ1v) is 5.44. The van der Waals surface area contributed by atoms with Crippen molar-refractivity contribution in [2.75, 3.05) is 10.6 Å². The maximum atomic E-state index is 12.5. The summed E-state index contributed by atoms with van der Waals surface area (Å²) in [6.07, 6.45) is 0. The molecule has 0 aromatic heterocycles. The van der Waals surface area contributed by atoms with Gasteiger partial charge < -0.3 is 10.6 Å². The third-order valence-corrected chi connectivity index (χ3v) is 2.19. The fraction of sp³-hybridized carbons (Fsp3) is 0. The number of rotatable bonds is 4. The third-order valence-electron chi connectivity index (χ3n) is 2.19. The van der Waals surface area contributed by atoms with Crippen molar-refractivity contribution in [3.8, 4) is 0 Å². The Morgan fingerprint density at radius 2 is 1.86 bits per heavy atom. The van der Waals surface area contributed by atoms with Crippen LogP contribution in [-0.2, 0) is 0 Å². The minimum absolute atomic E-state index is 0.125. The first-order chi connectivity index (χ1) is 13.8. The number of carbonyl (C=O) groups is 1. The molecule has 2 amide bonds. The lowest BCUT2D eigenvalue weighted by Crippen LogP contribution is -2.20. The van der Waals surface area contributed by atoms with Crippen LogP contribution in [0.5, 0.6) is 0 Å². The molecule has 9 heteroatoms. The topological polar surface area (TPSA) is 127 Å². The van der Waals surface area contributed by atoms with Gasteiger partial charge in [0.15, 0.2) is 2.82 Å². The van der Waals surface area contributed by atoms with Crippen molar-refractivity contribution < 1.29 is 25.7 Å². The zero-order chi connectivity index (χ0) is 23.1. The van der Waals surface area contributed by atoms with Gasteiger partial charge in [-0.05, 0) is 18.2 Å². The third kappa shape index (κ3) is 3.33. The van der Waals surface area contributed by atoms with Crippen molar-refractivity contribution in [1.29, 1.82) is 0 Å². The van der Waals surface area contributed by atoms with Crippen LogP contribution < -0.4 is 10.6 Å². The minimum Gasteiger partial charge on any atom is -0.308 e. The molecule has 0 unspecified atom stereocenters. The lowest BCUT2D eigenvalue weighted by molar-refractivity contribution is -0.421. The predicted octanol–water partition coefficient (Wildman–Crippen LogP) is 3.15. The fourth-order valence-electron chi connectivity index (χ4n) is 1.36. The summed E-state index contributed by atoms with van der Waals surface area (Å²) in [6.45, 7) is 0. The molecule has 2 rings (SSSR count). The van der Waals surface area contributed by atoms with Gasteiger partial charge in [0.05, 0.1) is 18.1 Å². The van der Waals surface area contributed by atoms with Gasteiger partial charge in [0.1, 0.15) is 5.69 Å². The van der Waals surface area contributed by atoms with Crippen LogP contribution in [0.3, 0.4) is 0 Å². The second-order valence-corrected chi connectivity index (χ2v) is 3.55. The van der Waals surface area contributed by atoms with E-state index in [1.54, 1.807) is 0 Å². The van der Waals surface area contributed by atoms with Gasteiger partial charge in [-0.2, -0.15) is 0 Å². The van der Waals surface area contributed by atoms with Crippen LogP contribution in [0.1, 0.15) is 8.22 Å². The average Bonchev–Trinajstić information content (AvgIpc) is 2.68. The summed E-state index contributed by atoms with van der Waals surface area (Å²) in [4.78, 5) is 32.3. The molecule has 112 valence electrons. The monoisotopic (exact) mass is 310 g/mol. The molecule has 2 aromatic rings. The zero-order valence-electron chi connectivity index (χ0n) is 18.5. The van der Waals surface area contributed by atoms with E-state index in [0.717, 1.165) is 12.1 Å². The molecular formula is C13H10N4O5. The minimum atomic E-state index is -1.73. The Bertz CT molecular complexity index is 1100. The van der Waals surface area contributed by atoms with Crippen LogP contribution in [0.25, 0.3) is 0 Å². The van der Waals surface area contributed by atoms with E-state index in [1.165, 1.54) is 0 Å². The van der Waals surface area contributed by atoms with Crippen molar-refractivity contribution in [2.45, 2.75) is 0 Å². The molecule has 0 saturated carbocycles. The summed E-state index contributed by atoms with van der Waals surface area (Å²) in [5.74, 6) is 0. The number of carbonyl (C=O) groups excluding carboxylic acids is 1. The predicted molar refractivity (Wildman–Crippen MR) is 78.8 cm³/mol. The number of hydrogen-bond donors (Lipinski definition) is 2. The molecule has 2 N–H and O–H groups in total. The number of nitro benzene ring substituents is 2. The Morgan fingerprint density at radius 3 is 2.55 bits per heavy atom. The summed E-state index contributed by atoms with van der Waals surface area (Å²) >= 11 is 0. The molecule has 0 aliphatic rings. The largest absolute Gasteiger partial charge is 0.369 e. The van der Waals surface area contributed by atoms with Crippen molar-refractivity contribution in [1.82, 2.24) is 0 Å².